The SMILES string of the molecule is CCCCSCCC(C)(C)C#N. The van der Waals surface area contributed by atoms with Gasteiger partial charge in [0.25, 0.3) is 0 Å². The van der Waals surface area contributed by atoms with Crippen LogP contribution in [0.5, 0.6) is 0 Å². The average molecular weight is 185 g/mol. The molecule has 0 aliphatic rings. The third-order valence-corrected chi connectivity index (χ3v) is 2.89. The predicted octanol–water partition coefficient (Wildman–Crippen LogP) is 3.46. The monoisotopic (exact) mass is 185 g/mol. The highest BCUT2D eigenvalue weighted by molar-refractivity contribution is 7.99. The Hall–Kier alpha value is -0.160. The molecule has 1 nitrogen and oxygen atoms in total. The molecule has 0 unspecified atom stereocenters. The maximum atomic E-state index is 8.74. The standard InChI is InChI=1S/C10H19NS/c1-4-5-7-12-8-6-10(2,3)9-11/h4-8H2,1-3H3. The number of rotatable bonds is 6. The first-order chi connectivity index (χ1) is 5.62. The van der Waals surface area contributed by atoms with Crippen LogP contribution in [-0.4, -0.2) is 11.5 Å². The number of thioether (sulfide) groups is 1. The van der Waals surface area contributed by atoms with Crippen LogP contribution in [-0.2, 0) is 0 Å². The molecule has 0 aromatic rings. The molecule has 0 saturated carbocycles. The molecule has 0 rings (SSSR count). The van der Waals surface area contributed by atoms with Gasteiger partial charge >= 0.3 is 0 Å². The molecule has 0 aliphatic heterocycles. The zero-order valence-electron chi connectivity index (χ0n) is 8.39. The lowest BCUT2D eigenvalue weighted by molar-refractivity contribution is 0.482. The van der Waals surface area contributed by atoms with Crippen LogP contribution in [0, 0.1) is 16.7 Å². The van der Waals surface area contributed by atoms with Gasteiger partial charge < -0.3 is 0 Å². The zero-order chi connectivity index (χ0) is 9.45. The highest BCUT2D eigenvalue weighted by Crippen LogP contribution is 2.21. The third kappa shape index (κ3) is 6.54. The molecule has 0 bridgehead atoms. The molecule has 0 saturated heterocycles. The summed E-state index contributed by atoms with van der Waals surface area (Å²) in [4.78, 5) is 0. The number of hydrogen-bond donors (Lipinski definition) is 0. The Labute approximate surface area is 80.5 Å². The van der Waals surface area contributed by atoms with E-state index in [0.29, 0.717) is 0 Å². The molecule has 0 amide bonds. The second kappa shape index (κ2) is 6.37. The number of unbranched alkanes of at least 4 members (excludes halogenated alkanes) is 1. The Morgan fingerprint density at radius 3 is 2.50 bits per heavy atom. The Morgan fingerprint density at radius 2 is 2.00 bits per heavy atom. The van der Waals surface area contributed by atoms with Gasteiger partial charge in [-0.05, 0) is 38.2 Å². The van der Waals surface area contributed by atoms with Crippen molar-refractivity contribution in [3.63, 3.8) is 0 Å². The van der Waals surface area contributed by atoms with Crippen molar-refractivity contribution in [1.82, 2.24) is 0 Å². The summed E-state index contributed by atoms with van der Waals surface area (Å²) in [6.45, 7) is 6.22. The molecule has 0 fully saturated rings. The Kier molecular flexibility index (Phi) is 6.28. The highest BCUT2D eigenvalue weighted by atomic mass is 32.2. The van der Waals surface area contributed by atoms with Crippen LogP contribution in [0.15, 0.2) is 0 Å². The van der Waals surface area contributed by atoms with Gasteiger partial charge in [-0.1, -0.05) is 13.3 Å². The molecule has 12 heavy (non-hydrogen) atoms. The lowest BCUT2D eigenvalue weighted by Gasteiger charge is -2.13. The summed E-state index contributed by atoms with van der Waals surface area (Å²) in [6.07, 6.45) is 3.59. The average Bonchev–Trinajstić information content (AvgIpc) is 2.04. The van der Waals surface area contributed by atoms with Crippen LogP contribution in [0.3, 0.4) is 0 Å². The number of nitriles is 1. The van der Waals surface area contributed by atoms with Gasteiger partial charge in [-0.25, -0.2) is 0 Å². The van der Waals surface area contributed by atoms with E-state index in [9.17, 15) is 0 Å². The summed E-state index contributed by atoms with van der Waals surface area (Å²) < 4.78 is 0. The summed E-state index contributed by atoms with van der Waals surface area (Å²) in [5.74, 6) is 2.37. The molecule has 70 valence electrons. The maximum absolute atomic E-state index is 8.74. The molecule has 0 aromatic carbocycles. The lowest BCUT2D eigenvalue weighted by Crippen LogP contribution is -2.08. The summed E-state index contributed by atoms with van der Waals surface area (Å²) in [5.41, 5.74) is -0.126. The van der Waals surface area contributed by atoms with Gasteiger partial charge in [-0.2, -0.15) is 17.0 Å². The third-order valence-electron chi connectivity index (χ3n) is 1.82. The summed E-state index contributed by atoms with van der Waals surface area (Å²) in [7, 11) is 0. The van der Waals surface area contributed by atoms with Crippen molar-refractivity contribution in [2.24, 2.45) is 5.41 Å². The molecular formula is C10H19NS. The van der Waals surface area contributed by atoms with Crippen LogP contribution in [0.2, 0.25) is 0 Å². The van der Waals surface area contributed by atoms with Crippen LogP contribution in [0.4, 0.5) is 0 Å². The topological polar surface area (TPSA) is 23.8 Å². The van der Waals surface area contributed by atoms with E-state index in [2.05, 4.69) is 13.0 Å². The van der Waals surface area contributed by atoms with E-state index in [1.807, 2.05) is 25.6 Å². The van der Waals surface area contributed by atoms with Gasteiger partial charge in [0.2, 0.25) is 0 Å². The quantitative estimate of drug-likeness (QED) is 0.592. The summed E-state index contributed by atoms with van der Waals surface area (Å²) in [6, 6.07) is 2.32. The zero-order valence-corrected chi connectivity index (χ0v) is 9.21. The van der Waals surface area contributed by atoms with E-state index in [-0.39, 0.29) is 5.41 Å². The van der Waals surface area contributed by atoms with Crippen molar-refractivity contribution < 1.29 is 0 Å². The number of hydrogen-bond acceptors (Lipinski definition) is 2. The fourth-order valence-corrected chi connectivity index (χ4v) is 2.08. The first-order valence-electron chi connectivity index (χ1n) is 4.61. The van der Waals surface area contributed by atoms with E-state index >= 15 is 0 Å². The van der Waals surface area contributed by atoms with Crippen LogP contribution in [0.1, 0.15) is 40.0 Å². The fraction of sp³-hybridized carbons (Fsp3) is 0.900. The Bertz CT molecular complexity index is 146. The van der Waals surface area contributed by atoms with Crippen molar-refractivity contribution >= 4 is 11.8 Å². The smallest absolute Gasteiger partial charge is 0.0684 e. The van der Waals surface area contributed by atoms with Gasteiger partial charge in [-0.3, -0.25) is 0 Å². The maximum Gasteiger partial charge on any atom is 0.0684 e. The van der Waals surface area contributed by atoms with E-state index in [0.717, 1.165) is 12.2 Å². The van der Waals surface area contributed by atoms with Gasteiger partial charge in [0.15, 0.2) is 0 Å². The van der Waals surface area contributed by atoms with Crippen molar-refractivity contribution in [3.8, 4) is 6.07 Å². The van der Waals surface area contributed by atoms with E-state index in [1.165, 1.54) is 18.6 Å². The van der Waals surface area contributed by atoms with Crippen LogP contribution in [0.25, 0.3) is 0 Å². The molecular weight excluding hydrogens is 166 g/mol. The molecule has 0 heterocycles. The fourth-order valence-electron chi connectivity index (χ4n) is 0.732. The van der Waals surface area contributed by atoms with Crippen molar-refractivity contribution in [3.05, 3.63) is 0 Å². The first kappa shape index (κ1) is 11.8. The minimum Gasteiger partial charge on any atom is -0.198 e. The van der Waals surface area contributed by atoms with Gasteiger partial charge in [0, 0.05) is 0 Å². The Morgan fingerprint density at radius 1 is 1.33 bits per heavy atom. The molecule has 0 aromatic heterocycles. The largest absolute Gasteiger partial charge is 0.198 e. The van der Waals surface area contributed by atoms with Gasteiger partial charge in [0.1, 0.15) is 0 Å². The van der Waals surface area contributed by atoms with E-state index in [4.69, 9.17) is 5.26 Å². The molecule has 0 atom stereocenters. The van der Waals surface area contributed by atoms with Crippen molar-refractivity contribution in [2.75, 3.05) is 11.5 Å². The van der Waals surface area contributed by atoms with Crippen molar-refractivity contribution in [2.45, 2.75) is 40.0 Å². The predicted molar refractivity (Wildman–Crippen MR) is 56.2 cm³/mol. The van der Waals surface area contributed by atoms with Crippen molar-refractivity contribution in [1.29, 1.82) is 5.26 Å². The van der Waals surface area contributed by atoms with E-state index in [1.54, 1.807) is 0 Å². The van der Waals surface area contributed by atoms with E-state index < -0.39 is 0 Å². The first-order valence-corrected chi connectivity index (χ1v) is 5.77. The molecule has 0 aliphatic carbocycles. The second-order valence-electron chi connectivity index (χ2n) is 3.71. The minimum atomic E-state index is -0.126. The lowest BCUT2D eigenvalue weighted by atomic mass is 9.93. The van der Waals surface area contributed by atoms with Crippen LogP contribution < -0.4 is 0 Å². The van der Waals surface area contributed by atoms with Gasteiger partial charge in [0.05, 0.1) is 11.5 Å². The molecule has 2 heteroatoms. The molecule has 0 spiro atoms. The molecule has 0 N–H and O–H groups in total. The highest BCUT2D eigenvalue weighted by Gasteiger charge is 2.15. The Balaban J connectivity index is 3.27. The minimum absolute atomic E-state index is 0.126. The normalized spacial score (nSPS) is 11.2. The number of nitrogens with zero attached hydrogens (tertiary/aromatic N) is 1. The van der Waals surface area contributed by atoms with Gasteiger partial charge in [-0.15, -0.1) is 0 Å². The molecule has 0 radical (unpaired) electrons. The summed E-state index contributed by atoms with van der Waals surface area (Å²) >= 11 is 1.97. The summed E-state index contributed by atoms with van der Waals surface area (Å²) in [5, 5.41) is 8.74. The van der Waals surface area contributed by atoms with Crippen LogP contribution >= 0.6 is 11.8 Å². The second-order valence-corrected chi connectivity index (χ2v) is 4.94.